The van der Waals surface area contributed by atoms with Crippen LogP contribution < -0.4 is 10.3 Å². The van der Waals surface area contributed by atoms with Crippen molar-refractivity contribution in [3.8, 4) is 5.75 Å². The minimum atomic E-state index is -0.316. The zero-order valence-corrected chi connectivity index (χ0v) is 19.9. The second-order valence-corrected chi connectivity index (χ2v) is 9.07. The number of aryl methyl sites for hydroxylation is 2. The number of nitrogens with one attached hydrogen (secondary N) is 1. The average molecular weight is 459 g/mol. The standard InChI is InChI=1S/C26H30N6O2/c1-17-7-10-20-15-22(26(33)27-23(20)18(17)2)24(31-13-5-4-6-14-31)25-28-29-30-32(25)16-19-8-11-21(34-3)12-9-19/h7-12,15,24H,4-6,13-14,16H2,1-3H3,(H,27,33)/t24-/m0/s1. The van der Waals surface area contributed by atoms with E-state index in [4.69, 9.17) is 4.74 Å². The Hall–Kier alpha value is -3.52. The number of benzene rings is 2. The predicted octanol–water partition coefficient (Wildman–Crippen LogP) is 3.76. The summed E-state index contributed by atoms with van der Waals surface area (Å²) in [6, 6.07) is 13.8. The number of aromatic amines is 1. The molecule has 8 nitrogen and oxygen atoms in total. The first-order valence-corrected chi connectivity index (χ1v) is 11.8. The molecule has 0 radical (unpaired) electrons. The van der Waals surface area contributed by atoms with Gasteiger partial charge in [-0.3, -0.25) is 9.69 Å². The number of ether oxygens (including phenoxy) is 1. The van der Waals surface area contributed by atoms with Crippen molar-refractivity contribution in [2.45, 2.75) is 45.7 Å². The molecule has 4 aromatic rings. The average Bonchev–Trinajstić information content (AvgIpc) is 3.31. The van der Waals surface area contributed by atoms with Gasteiger partial charge in [-0.25, -0.2) is 4.68 Å². The van der Waals surface area contributed by atoms with E-state index in [9.17, 15) is 4.79 Å². The smallest absolute Gasteiger partial charge is 0.253 e. The molecule has 0 amide bonds. The quantitative estimate of drug-likeness (QED) is 0.473. The van der Waals surface area contributed by atoms with E-state index in [2.05, 4.69) is 44.5 Å². The molecule has 5 rings (SSSR count). The number of fused-ring (bicyclic) bond motifs is 1. The Balaban J connectivity index is 1.59. The van der Waals surface area contributed by atoms with Gasteiger partial charge in [-0.2, -0.15) is 0 Å². The van der Waals surface area contributed by atoms with Gasteiger partial charge in [-0.05, 0) is 90.5 Å². The molecule has 0 aliphatic carbocycles. The van der Waals surface area contributed by atoms with Gasteiger partial charge in [0.25, 0.3) is 5.56 Å². The summed E-state index contributed by atoms with van der Waals surface area (Å²) in [4.78, 5) is 18.9. The van der Waals surface area contributed by atoms with Crippen LogP contribution >= 0.6 is 0 Å². The first kappa shape index (κ1) is 22.3. The number of hydrogen-bond donors (Lipinski definition) is 1. The maximum absolute atomic E-state index is 13.4. The summed E-state index contributed by atoms with van der Waals surface area (Å²) in [6.07, 6.45) is 3.40. The lowest BCUT2D eigenvalue weighted by atomic mass is 9.98. The van der Waals surface area contributed by atoms with Gasteiger partial charge in [0, 0.05) is 5.56 Å². The Bertz CT molecular complexity index is 1350. The van der Waals surface area contributed by atoms with Crippen LogP contribution in [-0.4, -0.2) is 50.3 Å². The van der Waals surface area contributed by atoms with E-state index >= 15 is 0 Å². The molecule has 8 heteroatoms. The third-order valence-electron chi connectivity index (χ3n) is 6.93. The van der Waals surface area contributed by atoms with Gasteiger partial charge in [-0.15, -0.1) is 5.10 Å². The molecule has 1 atom stereocenters. The number of methoxy groups -OCH3 is 1. The van der Waals surface area contributed by atoms with E-state index in [0.717, 1.165) is 59.3 Å². The molecule has 2 aromatic carbocycles. The maximum Gasteiger partial charge on any atom is 0.253 e. The summed E-state index contributed by atoms with van der Waals surface area (Å²) in [5, 5.41) is 13.8. The molecule has 1 saturated heterocycles. The highest BCUT2D eigenvalue weighted by molar-refractivity contribution is 5.83. The second kappa shape index (κ2) is 9.38. The number of rotatable bonds is 6. The predicted molar refractivity (Wildman–Crippen MR) is 131 cm³/mol. The Labute approximate surface area is 198 Å². The van der Waals surface area contributed by atoms with E-state index in [-0.39, 0.29) is 11.6 Å². The van der Waals surface area contributed by atoms with Crippen LogP contribution in [0.15, 0.2) is 47.3 Å². The highest BCUT2D eigenvalue weighted by Crippen LogP contribution is 2.30. The van der Waals surface area contributed by atoms with Crippen molar-refractivity contribution in [2.24, 2.45) is 0 Å². The largest absolute Gasteiger partial charge is 0.497 e. The van der Waals surface area contributed by atoms with E-state index in [1.54, 1.807) is 7.11 Å². The molecular weight excluding hydrogens is 428 g/mol. The maximum atomic E-state index is 13.4. The number of aromatic nitrogens is 5. The monoisotopic (exact) mass is 458 g/mol. The Kier molecular flexibility index (Phi) is 6.15. The van der Waals surface area contributed by atoms with Crippen LogP contribution in [0.3, 0.4) is 0 Å². The number of likely N-dealkylation sites (tertiary alicyclic amines) is 1. The summed E-state index contributed by atoms with van der Waals surface area (Å²) >= 11 is 0. The fourth-order valence-electron chi connectivity index (χ4n) is 4.84. The van der Waals surface area contributed by atoms with Crippen molar-refractivity contribution >= 4 is 10.9 Å². The molecule has 0 unspecified atom stereocenters. The Morgan fingerprint density at radius 1 is 1.06 bits per heavy atom. The van der Waals surface area contributed by atoms with Crippen LogP contribution in [0.1, 0.15) is 53.4 Å². The van der Waals surface area contributed by atoms with E-state index in [1.807, 2.05) is 41.9 Å². The second-order valence-electron chi connectivity index (χ2n) is 9.07. The molecule has 0 bridgehead atoms. The summed E-state index contributed by atoms with van der Waals surface area (Å²) in [7, 11) is 1.65. The topological polar surface area (TPSA) is 88.9 Å². The lowest BCUT2D eigenvalue weighted by molar-refractivity contribution is 0.177. The van der Waals surface area contributed by atoms with Crippen LogP contribution in [0, 0.1) is 13.8 Å². The zero-order valence-electron chi connectivity index (χ0n) is 19.9. The van der Waals surface area contributed by atoms with E-state index < -0.39 is 0 Å². The molecule has 2 aromatic heterocycles. The first-order chi connectivity index (χ1) is 16.5. The van der Waals surface area contributed by atoms with Crippen LogP contribution in [0.4, 0.5) is 0 Å². The van der Waals surface area contributed by atoms with Crippen LogP contribution in [-0.2, 0) is 6.54 Å². The van der Waals surface area contributed by atoms with Gasteiger partial charge in [0.05, 0.1) is 19.2 Å². The fraction of sp³-hybridized carbons (Fsp3) is 0.385. The number of nitrogens with zero attached hydrogens (tertiary/aromatic N) is 5. The minimum Gasteiger partial charge on any atom is -0.497 e. The van der Waals surface area contributed by atoms with Gasteiger partial charge in [0.15, 0.2) is 5.82 Å². The SMILES string of the molecule is COc1ccc(Cn2nnnc2[C@H](c2cc3ccc(C)c(C)c3[nH]c2=O)N2CCCCC2)cc1. The molecule has 0 saturated carbocycles. The van der Waals surface area contributed by atoms with Crippen molar-refractivity contribution in [1.29, 1.82) is 0 Å². The van der Waals surface area contributed by atoms with Gasteiger partial charge in [-0.1, -0.05) is 30.7 Å². The molecule has 1 N–H and O–H groups in total. The van der Waals surface area contributed by atoms with Crippen molar-refractivity contribution in [1.82, 2.24) is 30.1 Å². The molecule has 1 fully saturated rings. The van der Waals surface area contributed by atoms with Gasteiger partial charge < -0.3 is 9.72 Å². The molecule has 34 heavy (non-hydrogen) atoms. The summed E-state index contributed by atoms with van der Waals surface area (Å²) in [5.41, 5.74) is 4.81. The van der Waals surface area contributed by atoms with Crippen molar-refractivity contribution in [2.75, 3.05) is 20.2 Å². The molecule has 3 heterocycles. The minimum absolute atomic E-state index is 0.0872. The van der Waals surface area contributed by atoms with E-state index in [1.165, 1.54) is 6.42 Å². The zero-order chi connectivity index (χ0) is 23.7. The van der Waals surface area contributed by atoms with Crippen molar-refractivity contribution < 1.29 is 4.74 Å². The van der Waals surface area contributed by atoms with Gasteiger partial charge in [0.1, 0.15) is 11.8 Å². The molecule has 1 aliphatic rings. The number of piperidine rings is 1. The number of hydrogen-bond acceptors (Lipinski definition) is 6. The Morgan fingerprint density at radius 2 is 1.82 bits per heavy atom. The molecule has 0 spiro atoms. The van der Waals surface area contributed by atoms with Crippen LogP contribution in [0.25, 0.3) is 10.9 Å². The molecule has 176 valence electrons. The van der Waals surface area contributed by atoms with Crippen molar-refractivity contribution in [3.05, 3.63) is 80.9 Å². The van der Waals surface area contributed by atoms with Crippen LogP contribution in [0.2, 0.25) is 0 Å². The summed E-state index contributed by atoms with van der Waals surface area (Å²) in [5.74, 6) is 1.49. The van der Waals surface area contributed by atoms with Gasteiger partial charge >= 0.3 is 0 Å². The summed E-state index contributed by atoms with van der Waals surface area (Å²) < 4.78 is 7.09. The highest BCUT2D eigenvalue weighted by Gasteiger charge is 2.31. The number of tetrazole rings is 1. The molecular formula is C26H30N6O2. The Morgan fingerprint density at radius 3 is 2.56 bits per heavy atom. The summed E-state index contributed by atoms with van der Waals surface area (Å²) in [6.45, 7) is 6.44. The lowest BCUT2D eigenvalue weighted by Crippen LogP contribution is -2.38. The number of pyridine rings is 1. The van der Waals surface area contributed by atoms with Gasteiger partial charge in [0.2, 0.25) is 0 Å². The molecule has 1 aliphatic heterocycles. The first-order valence-electron chi connectivity index (χ1n) is 11.8. The fourth-order valence-corrected chi connectivity index (χ4v) is 4.84. The number of H-pyrrole nitrogens is 1. The third-order valence-corrected chi connectivity index (χ3v) is 6.93. The third kappa shape index (κ3) is 4.21. The van der Waals surface area contributed by atoms with E-state index in [0.29, 0.717) is 17.9 Å². The van der Waals surface area contributed by atoms with Crippen LogP contribution in [0.5, 0.6) is 5.75 Å². The highest BCUT2D eigenvalue weighted by atomic mass is 16.5. The normalized spacial score (nSPS) is 15.5. The van der Waals surface area contributed by atoms with Crippen molar-refractivity contribution in [3.63, 3.8) is 0 Å². The lowest BCUT2D eigenvalue weighted by Gasteiger charge is -2.33.